The summed E-state index contributed by atoms with van der Waals surface area (Å²) in [5, 5.41) is 5.91. The normalized spacial score (nSPS) is 11.4. The van der Waals surface area contributed by atoms with E-state index in [2.05, 4.69) is 23.8 Å². The quantitative estimate of drug-likeness (QED) is 0.408. The number of thiazole rings is 1. The number of aryl methyl sites for hydroxylation is 2. The van der Waals surface area contributed by atoms with Crippen molar-refractivity contribution in [1.29, 1.82) is 0 Å². The summed E-state index contributed by atoms with van der Waals surface area (Å²) in [6.07, 6.45) is 0. The van der Waals surface area contributed by atoms with Gasteiger partial charge in [0, 0.05) is 24.2 Å². The van der Waals surface area contributed by atoms with Crippen LogP contribution in [0.15, 0.2) is 18.2 Å². The summed E-state index contributed by atoms with van der Waals surface area (Å²) in [6, 6.07) is 5.82. The molecule has 0 saturated carbocycles. The topological polar surface area (TPSA) is 54.3 Å². The van der Waals surface area contributed by atoms with Gasteiger partial charge in [-0.25, -0.2) is 4.98 Å². The van der Waals surface area contributed by atoms with Crippen LogP contribution in [0.4, 0.5) is 5.13 Å². The Morgan fingerprint density at radius 2 is 1.87 bits per heavy atom. The number of carbonyl (C=O) groups excluding carboxylic acids is 1. The number of anilines is 1. The molecular weight excluding hydrogens is 453 g/mol. The second kappa shape index (κ2) is 10.8. The van der Waals surface area contributed by atoms with Crippen LogP contribution in [0.2, 0.25) is 5.02 Å². The van der Waals surface area contributed by atoms with E-state index in [1.807, 2.05) is 45.9 Å². The van der Waals surface area contributed by atoms with E-state index < -0.39 is 0 Å². The molecule has 0 saturated heterocycles. The lowest BCUT2D eigenvalue weighted by molar-refractivity contribution is 0.0971. The molecule has 170 valence electrons. The smallest absolute Gasteiger partial charge is 0.278 e. The van der Waals surface area contributed by atoms with Gasteiger partial charge in [0.05, 0.1) is 15.9 Å². The maximum atomic E-state index is 13.7. The fraction of sp³-hybridized carbons (Fsp3) is 0.500. The molecule has 0 spiro atoms. The number of halogens is 2. The lowest BCUT2D eigenvalue weighted by Gasteiger charge is -2.25. The summed E-state index contributed by atoms with van der Waals surface area (Å²) in [6.45, 7) is 15.4. The van der Waals surface area contributed by atoms with Crippen molar-refractivity contribution >= 4 is 56.6 Å². The summed E-state index contributed by atoms with van der Waals surface area (Å²) in [5.74, 6) is -0.0701. The first-order valence-electron chi connectivity index (χ1n) is 10.4. The third-order valence-corrected chi connectivity index (χ3v) is 6.77. The number of hydrogen-bond acceptors (Lipinski definition) is 5. The second-order valence-electron chi connectivity index (χ2n) is 7.71. The Bertz CT molecular complexity index is 1040. The molecule has 0 atom stereocenters. The molecule has 2 heterocycles. The van der Waals surface area contributed by atoms with Gasteiger partial charge in [0.25, 0.3) is 5.91 Å². The number of benzene rings is 1. The Morgan fingerprint density at radius 1 is 1.19 bits per heavy atom. The number of amides is 1. The van der Waals surface area contributed by atoms with Crippen LogP contribution in [0, 0.1) is 13.8 Å². The molecule has 3 aromatic rings. The third kappa shape index (κ3) is 5.40. The van der Waals surface area contributed by atoms with Crippen molar-refractivity contribution in [2.24, 2.45) is 0 Å². The number of rotatable bonds is 8. The fourth-order valence-electron chi connectivity index (χ4n) is 3.48. The summed E-state index contributed by atoms with van der Waals surface area (Å²) in [4.78, 5) is 22.6. The zero-order valence-electron chi connectivity index (χ0n) is 19.0. The van der Waals surface area contributed by atoms with Gasteiger partial charge in [-0.3, -0.25) is 14.4 Å². The molecule has 0 aliphatic carbocycles. The maximum Gasteiger partial charge on any atom is 0.278 e. The maximum absolute atomic E-state index is 13.7. The molecule has 6 nitrogen and oxygen atoms in total. The Hall–Kier alpha value is -1.67. The molecular formula is C22H31Cl2N5OS. The molecule has 0 unspecified atom stereocenters. The first-order chi connectivity index (χ1) is 14.3. The molecule has 0 aliphatic rings. The minimum atomic E-state index is -0.0701. The van der Waals surface area contributed by atoms with Crippen LogP contribution in [0.1, 0.15) is 55.5 Å². The minimum absolute atomic E-state index is 0. The Balaban J connectivity index is 0.00000341. The fourth-order valence-corrected chi connectivity index (χ4v) is 4.68. The molecule has 0 fully saturated rings. The number of aromatic nitrogens is 3. The van der Waals surface area contributed by atoms with E-state index >= 15 is 0 Å². The van der Waals surface area contributed by atoms with Crippen LogP contribution in [0.3, 0.4) is 0 Å². The van der Waals surface area contributed by atoms with Gasteiger partial charge in [-0.2, -0.15) is 5.10 Å². The van der Waals surface area contributed by atoms with Crippen LogP contribution in [-0.4, -0.2) is 51.8 Å². The highest BCUT2D eigenvalue weighted by Gasteiger charge is 2.26. The lowest BCUT2D eigenvalue weighted by atomic mass is 10.2. The number of carbonyl (C=O) groups is 1. The first-order valence-corrected chi connectivity index (χ1v) is 11.6. The zero-order valence-corrected chi connectivity index (χ0v) is 21.4. The van der Waals surface area contributed by atoms with Crippen LogP contribution in [0.5, 0.6) is 0 Å². The van der Waals surface area contributed by atoms with E-state index in [0.717, 1.165) is 41.1 Å². The van der Waals surface area contributed by atoms with E-state index in [9.17, 15) is 4.79 Å². The summed E-state index contributed by atoms with van der Waals surface area (Å²) in [7, 11) is 0. The highest BCUT2D eigenvalue weighted by Crippen LogP contribution is 2.34. The number of fused-ring (bicyclic) bond motifs is 1. The summed E-state index contributed by atoms with van der Waals surface area (Å²) >= 11 is 7.83. The number of hydrogen-bond donors (Lipinski definition) is 0. The molecule has 0 radical (unpaired) electrons. The molecule has 1 aromatic carbocycles. The monoisotopic (exact) mass is 483 g/mol. The van der Waals surface area contributed by atoms with Crippen molar-refractivity contribution in [1.82, 2.24) is 19.7 Å². The van der Waals surface area contributed by atoms with E-state index in [4.69, 9.17) is 16.6 Å². The standard InChI is InChI=1S/C22H30ClN5OS.ClH/c1-7-26(8-2)11-12-27(21(29)18-13-15(5)25-28(18)14(3)4)22-24-20-16(6)17(23)9-10-19(20)30-22;/h9-10,13-14H,7-8,11-12H2,1-6H3;1H. The van der Waals surface area contributed by atoms with Gasteiger partial charge in [0.15, 0.2) is 5.13 Å². The molecule has 2 aromatic heterocycles. The molecule has 31 heavy (non-hydrogen) atoms. The van der Waals surface area contributed by atoms with Crippen molar-refractivity contribution < 1.29 is 4.79 Å². The van der Waals surface area contributed by atoms with Gasteiger partial charge in [-0.05, 0) is 64.5 Å². The predicted molar refractivity (Wildman–Crippen MR) is 133 cm³/mol. The molecule has 1 amide bonds. The number of likely N-dealkylation sites (N-methyl/N-ethyl adjacent to an activating group) is 1. The molecule has 3 rings (SSSR count). The third-order valence-electron chi connectivity index (χ3n) is 5.31. The average molecular weight is 484 g/mol. The zero-order chi connectivity index (χ0) is 22.0. The molecule has 0 bridgehead atoms. The lowest BCUT2D eigenvalue weighted by Crippen LogP contribution is -2.39. The van der Waals surface area contributed by atoms with Crippen molar-refractivity contribution in [2.75, 3.05) is 31.1 Å². The van der Waals surface area contributed by atoms with Gasteiger partial charge >= 0.3 is 0 Å². The van der Waals surface area contributed by atoms with Crippen LogP contribution < -0.4 is 4.90 Å². The van der Waals surface area contributed by atoms with Crippen LogP contribution in [-0.2, 0) is 0 Å². The van der Waals surface area contributed by atoms with Crippen molar-refractivity contribution in [3.8, 4) is 0 Å². The summed E-state index contributed by atoms with van der Waals surface area (Å²) in [5.41, 5.74) is 3.23. The Kier molecular flexibility index (Phi) is 8.89. The SMILES string of the molecule is CCN(CC)CCN(C(=O)c1cc(C)nn1C(C)C)c1nc2c(C)c(Cl)ccc2s1.Cl. The van der Waals surface area contributed by atoms with Gasteiger partial charge < -0.3 is 4.90 Å². The summed E-state index contributed by atoms with van der Waals surface area (Å²) < 4.78 is 2.83. The van der Waals surface area contributed by atoms with Crippen LogP contribution in [0.25, 0.3) is 10.2 Å². The van der Waals surface area contributed by atoms with Crippen molar-refractivity contribution in [3.05, 3.63) is 40.2 Å². The van der Waals surface area contributed by atoms with Gasteiger partial charge in [0.1, 0.15) is 5.69 Å². The average Bonchev–Trinajstić information content (AvgIpc) is 3.32. The number of nitrogens with zero attached hydrogens (tertiary/aromatic N) is 5. The second-order valence-corrected chi connectivity index (χ2v) is 9.12. The largest absolute Gasteiger partial charge is 0.302 e. The Labute approximate surface area is 199 Å². The van der Waals surface area contributed by atoms with E-state index in [-0.39, 0.29) is 24.4 Å². The highest BCUT2D eigenvalue weighted by molar-refractivity contribution is 7.22. The van der Waals surface area contributed by atoms with Gasteiger partial charge in [0.2, 0.25) is 0 Å². The highest BCUT2D eigenvalue weighted by atomic mass is 35.5. The molecule has 9 heteroatoms. The molecule has 0 aliphatic heterocycles. The molecule has 0 N–H and O–H groups in total. The van der Waals surface area contributed by atoms with Gasteiger partial charge in [-0.1, -0.05) is 36.8 Å². The van der Waals surface area contributed by atoms with E-state index in [1.54, 1.807) is 9.58 Å². The van der Waals surface area contributed by atoms with Crippen molar-refractivity contribution in [2.45, 2.75) is 47.6 Å². The van der Waals surface area contributed by atoms with E-state index in [1.165, 1.54) is 11.3 Å². The Morgan fingerprint density at radius 3 is 2.48 bits per heavy atom. The van der Waals surface area contributed by atoms with Crippen molar-refractivity contribution in [3.63, 3.8) is 0 Å². The predicted octanol–water partition coefficient (Wildman–Crippen LogP) is 5.75. The first kappa shape index (κ1) is 25.6. The van der Waals surface area contributed by atoms with Gasteiger partial charge in [-0.15, -0.1) is 12.4 Å². The van der Waals surface area contributed by atoms with Crippen LogP contribution >= 0.6 is 35.3 Å². The van der Waals surface area contributed by atoms with E-state index in [0.29, 0.717) is 22.4 Å². The minimum Gasteiger partial charge on any atom is -0.302 e.